The van der Waals surface area contributed by atoms with Crippen LogP contribution in [-0.4, -0.2) is 28.9 Å². The first-order valence-corrected chi connectivity index (χ1v) is 8.27. The fourth-order valence-electron chi connectivity index (χ4n) is 2.87. The molecule has 134 valence electrons. The van der Waals surface area contributed by atoms with Gasteiger partial charge < -0.3 is 10.2 Å². The fraction of sp³-hybridized carbons (Fsp3) is 0.211. The first-order valence-electron chi connectivity index (χ1n) is 8.27. The van der Waals surface area contributed by atoms with Crippen LogP contribution in [0.5, 0.6) is 0 Å². The second kappa shape index (κ2) is 7.45. The highest BCUT2D eigenvalue weighted by atomic mass is 19.1. The molecular weight excluding hydrogens is 335 g/mol. The van der Waals surface area contributed by atoms with Gasteiger partial charge in [0.05, 0.1) is 7.05 Å². The van der Waals surface area contributed by atoms with E-state index >= 15 is 0 Å². The first-order chi connectivity index (χ1) is 12.4. The van der Waals surface area contributed by atoms with E-state index in [-0.39, 0.29) is 18.0 Å². The molecule has 0 saturated heterocycles. The van der Waals surface area contributed by atoms with Crippen molar-refractivity contribution in [1.29, 1.82) is 0 Å². The van der Waals surface area contributed by atoms with Gasteiger partial charge in [-0.3, -0.25) is 14.0 Å². The van der Waals surface area contributed by atoms with Gasteiger partial charge in [-0.05, 0) is 37.3 Å². The summed E-state index contributed by atoms with van der Waals surface area (Å²) >= 11 is 0. The standard InChI is InChI=1S/C19H19FN4O2/c1-13-5-3-8-17-21-16(10-19(26)24(13)17)11-23(2)12-18(25)22-15-7-4-6-14(20)9-15/h3-10H,11-12H2,1-2H3,(H,22,25)/p+1. The molecule has 2 heterocycles. The summed E-state index contributed by atoms with van der Waals surface area (Å²) in [6.07, 6.45) is 0. The maximum absolute atomic E-state index is 13.2. The smallest absolute Gasteiger partial charge is 0.279 e. The van der Waals surface area contributed by atoms with Crippen molar-refractivity contribution in [2.45, 2.75) is 13.5 Å². The third-order valence-corrected chi connectivity index (χ3v) is 3.99. The lowest BCUT2D eigenvalue weighted by Gasteiger charge is -2.14. The second-order valence-corrected chi connectivity index (χ2v) is 6.32. The van der Waals surface area contributed by atoms with Gasteiger partial charge in [-0.1, -0.05) is 12.1 Å². The number of nitrogens with zero attached hydrogens (tertiary/aromatic N) is 2. The van der Waals surface area contributed by atoms with Crippen LogP contribution in [0, 0.1) is 12.7 Å². The molecule has 0 spiro atoms. The number of halogens is 1. The molecule has 0 aliphatic carbocycles. The maximum Gasteiger partial charge on any atom is 0.279 e. The highest BCUT2D eigenvalue weighted by molar-refractivity contribution is 5.91. The highest BCUT2D eigenvalue weighted by Gasteiger charge is 2.13. The Bertz CT molecular complexity index is 1020. The van der Waals surface area contributed by atoms with E-state index in [1.165, 1.54) is 24.3 Å². The van der Waals surface area contributed by atoms with E-state index < -0.39 is 5.82 Å². The van der Waals surface area contributed by atoms with E-state index in [0.717, 1.165) is 10.6 Å². The molecule has 0 aliphatic heterocycles. The van der Waals surface area contributed by atoms with Gasteiger partial charge in [-0.25, -0.2) is 9.37 Å². The topological polar surface area (TPSA) is 67.9 Å². The Labute approximate surface area is 149 Å². The largest absolute Gasteiger partial charge is 0.325 e. The fourth-order valence-corrected chi connectivity index (χ4v) is 2.87. The quantitative estimate of drug-likeness (QED) is 0.711. The minimum absolute atomic E-state index is 0.139. The number of carbonyl (C=O) groups excluding carboxylic acids is 1. The zero-order chi connectivity index (χ0) is 18.7. The number of pyridine rings is 1. The molecule has 1 amide bonds. The minimum Gasteiger partial charge on any atom is -0.325 e. The molecule has 26 heavy (non-hydrogen) atoms. The van der Waals surface area contributed by atoms with Crippen molar-refractivity contribution in [2.75, 3.05) is 18.9 Å². The Hall–Kier alpha value is -3.06. The van der Waals surface area contributed by atoms with Gasteiger partial charge in [0.25, 0.3) is 11.5 Å². The van der Waals surface area contributed by atoms with Crippen LogP contribution in [-0.2, 0) is 11.3 Å². The first kappa shape index (κ1) is 17.8. The number of hydrogen-bond acceptors (Lipinski definition) is 3. The van der Waals surface area contributed by atoms with Crippen molar-refractivity contribution in [3.63, 3.8) is 0 Å². The van der Waals surface area contributed by atoms with Gasteiger partial charge in [-0.15, -0.1) is 0 Å². The summed E-state index contributed by atoms with van der Waals surface area (Å²) in [4.78, 5) is 29.8. The number of nitrogens with one attached hydrogen (secondary N) is 2. The lowest BCUT2D eigenvalue weighted by molar-refractivity contribution is -0.885. The van der Waals surface area contributed by atoms with Gasteiger partial charge in [0.15, 0.2) is 6.54 Å². The Balaban J connectivity index is 1.68. The SMILES string of the molecule is Cc1cccc2nc(C[NH+](C)CC(=O)Nc3cccc(F)c3)cc(=O)n12. The van der Waals surface area contributed by atoms with Crippen LogP contribution in [0.25, 0.3) is 5.65 Å². The van der Waals surface area contributed by atoms with Crippen LogP contribution in [0.1, 0.15) is 11.4 Å². The number of hydrogen-bond donors (Lipinski definition) is 2. The lowest BCUT2D eigenvalue weighted by Crippen LogP contribution is -3.08. The molecule has 1 aromatic carbocycles. The van der Waals surface area contributed by atoms with Gasteiger partial charge >= 0.3 is 0 Å². The van der Waals surface area contributed by atoms with Crippen molar-refractivity contribution in [1.82, 2.24) is 9.38 Å². The molecule has 0 radical (unpaired) electrons. The van der Waals surface area contributed by atoms with Crippen LogP contribution >= 0.6 is 0 Å². The zero-order valence-electron chi connectivity index (χ0n) is 14.6. The van der Waals surface area contributed by atoms with E-state index in [9.17, 15) is 14.0 Å². The predicted octanol–water partition coefficient (Wildman–Crippen LogP) is 0.795. The van der Waals surface area contributed by atoms with Crippen LogP contribution in [0.3, 0.4) is 0 Å². The molecule has 0 bridgehead atoms. The van der Waals surface area contributed by atoms with Crippen molar-refractivity contribution >= 4 is 17.2 Å². The highest BCUT2D eigenvalue weighted by Crippen LogP contribution is 2.08. The van der Waals surface area contributed by atoms with Gasteiger partial charge in [0, 0.05) is 17.4 Å². The second-order valence-electron chi connectivity index (χ2n) is 6.32. The van der Waals surface area contributed by atoms with E-state index in [1.807, 2.05) is 26.1 Å². The van der Waals surface area contributed by atoms with Crippen LogP contribution < -0.4 is 15.8 Å². The molecule has 2 N–H and O–H groups in total. The molecule has 3 aromatic rings. The van der Waals surface area contributed by atoms with E-state index in [0.29, 0.717) is 23.6 Å². The number of rotatable bonds is 5. The molecule has 7 heteroatoms. The summed E-state index contributed by atoms with van der Waals surface area (Å²) < 4.78 is 14.7. The molecule has 6 nitrogen and oxygen atoms in total. The molecule has 0 saturated carbocycles. The number of likely N-dealkylation sites (N-methyl/N-ethyl adjacent to an activating group) is 1. The van der Waals surface area contributed by atoms with Gasteiger partial charge in [0.2, 0.25) is 0 Å². The Morgan fingerprint density at radius 2 is 2.00 bits per heavy atom. The maximum atomic E-state index is 13.2. The molecular formula is C19H20FN4O2+. The Morgan fingerprint density at radius 1 is 1.23 bits per heavy atom. The number of anilines is 1. The molecule has 2 aromatic heterocycles. The summed E-state index contributed by atoms with van der Waals surface area (Å²) in [6.45, 7) is 2.45. The minimum atomic E-state index is -0.403. The number of aryl methyl sites for hydroxylation is 1. The normalized spacial score (nSPS) is 12.1. The van der Waals surface area contributed by atoms with Gasteiger partial charge in [-0.2, -0.15) is 0 Å². The van der Waals surface area contributed by atoms with Crippen molar-refractivity contribution in [2.24, 2.45) is 0 Å². The summed E-state index contributed by atoms with van der Waals surface area (Å²) in [5.74, 6) is -0.638. The lowest BCUT2D eigenvalue weighted by atomic mass is 10.3. The van der Waals surface area contributed by atoms with Gasteiger partial charge in [0.1, 0.15) is 23.7 Å². The molecule has 3 rings (SSSR count). The van der Waals surface area contributed by atoms with Crippen LogP contribution in [0.15, 0.2) is 53.3 Å². The van der Waals surface area contributed by atoms with E-state index in [1.54, 1.807) is 16.5 Å². The Morgan fingerprint density at radius 3 is 2.77 bits per heavy atom. The number of carbonyl (C=O) groups is 1. The van der Waals surface area contributed by atoms with Crippen LogP contribution in [0.4, 0.5) is 10.1 Å². The van der Waals surface area contributed by atoms with E-state index in [2.05, 4.69) is 10.3 Å². The average molecular weight is 355 g/mol. The van der Waals surface area contributed by atoms with Crippen molar-refractivity contribution in [3.05, 3.63) is 76.1 Å². The molecule has 1 atom stereocenters. The van der Waals surface area contributed by atoms with Crippen molar-refractivity contribution < 1.29 is 14.1 Å². The zero-order valence-corrected chi connectivity index (χ0v) is 14.6. The summed E-state index contributed by atoms with van der Waals surface area (Å²) in [5, 5.41) is 2.66. The summed E-state index contributed by atoms with van der Waals surface area (Å²) in [7, 11) is 1.84. The molecule has 0 fully saturated rings. The number of fused-ring (bicyclic) bond motifs is 1. The summed E-state index contributed by atoms with van der Waals surface area (Å²) in [5.41, 5.74) is 2.31. The number of quaternary nitrogens is 1. The number of amides is 1. The average Bonchev–Trinajstić information content (AvgIpc) is 2.54. The van der Waals surface area contributed by atoms with E-state index in [4.69, 9.17) is 0 Å². The molecule has 1 unspecified atom stereocenters. The number of benzene rings is 1. The third-order valence-electron chi connectivity index (χ3n) is 3.99. The van der Waals surface area contributed by atoms with Crippen molar-refractivity contribution in [3.8, 4) is 0 Å². The predicted molar refractivity (Wildman–Crippen MR) is 96.7 cm³/mol. The summed E-state index contributed by atoms with van der Waals surface area (Å²) in [6, 6.07) is 12.7. The monoisotopic (exact) mass is 355 g/mol. The third kappa shape index (κ3) is 4.12. The van der Waals surface area contributed by atoms with Crippen LogP contribution in [0.2, 0.25) is 0 Å². The molecule has 0 aliphatic rings. The number of aromatic nitrogens is 2. The Kier molecular flexibility index (Phi) is 5.09.